The van der Waals surface area contributed by atoms with Crippen LogP contribution in [-0.4, -0.2) is 14.2 Å². The highest BCUT2D eigenvalue weighted by Gasteiger charge is 2.12. The average Bonchev–Trinajstić information content (AvgIpc) is 2.48. The van der Waals surface area contributed by atoms with Gasteiger partial charge in [-0.3, -0.25) is 0 Å². The van der Waals surface area contributed by atoms with Crippen LogP contribution >= 0.6 is 0 Å². The third kappa shape index (κ3) is 3.03. The Labute approximate surface area is 119 Å². The van der Waals surface area contributed by atoms with Crippen LogP contribution in [0.2, 0.25) is 0 Å². The van der Waals surface area contributed by atoms with Gasteiger partial charge in [0.15, 0.2) is 11.5 Å². The number of methoxy groups -OCH3 is 2. The van der Waals surface area contributed by atoms with Crippen molar-refractivity contribution in [3.63, 3.8) is 0 Å². The van der Waals surface area contributed by atoms with Crippen molar-refractivity contribution in [2.75, 3.05) is 14.2 Å². The maximum Gasteiger partial charge on any atom is 0.210 e. The van der Waals surface area contributed by atoms with E-state index in [0.29, 0.717) is 23.0 Å². The van der Waals surface area contributed by atoms with Crippen LogP contribution in [0, 0.1) is 0 Å². The standard InChI is InChI=1S/C16H19NO3/c1-11(17)12-7-9-13(10-8-12)20-16-14(18-2)5-4-6-15(16)19-3/h4-11H,17H2,1-3H3. The van der Waals surface area contributed by atoms with Crippen molar-refractivity contribution in [2.24, 2.45) is 5.73 Å². The van der Waals surface area contributed by atoms with Crippen molar-refractivity contribution in [3.8, 4) is 23.0 Å². The molecule has 20 heavy (non-hydrogen) atoms. The topological polar surface area (TPSA) is 53.7 Å². The summed E-state index contributed by atoms with van der Waals surface area (Å²) in [5, 5.41) is 0. The molecule has 0 radical (unpaired) electrons. The molecule has 4 heteroatoms. The van der Waals surface area contributed by atoms with E-state index in [2.05, 4.69) is 0 Å². The number of rotatable bonds is 5. The lowest BCUT2D eigenvalue weighted by molar-refractivity contribution is 0.346. The Balaban J connectivity index is 2.29. The van der Waals surface area contributed by atoms with Crippen molar-refractivity contribution in [1.29, 1.82) is 0 Å². The highest BCUT2D eigenvalue weighted by molar-refractivity contribution is 5.53. The van der Waals surface area contributed by atoms with Crippen LogP contribution in [0.4, 0.5) is 0 Å². The SMILES string of the molecule is COc1cccc(OC)c1Oc1ccc(C(C)N)cc1. The van der Waals surface area contributed by atoms with Crippen molar-refractivity contribution < 1.29 is 14.2 Å². The van der Waals surface area contributed by atoms with Gasteiger partial charge in [-0.05, 0) is 36.8 Å². The zero-order valence-electron chi connectivity index (χ0n) is 11.9. The van der Waals surface area contributed by atoms with Gasteiger partial charge in [0.05, 0.1) is 14.2 Å². The van der Waals surface area contributed by atoms with Crippen LogP contribution in [0.1, 0.15) is 18.5 Å². The molecule has 2 N–H and O–H groups in total. The highest BCUT2D eigenvalue weighted by Crippen LogP contribution is 2.39. The molecule has 2 rings (SSSR count). The molecule has 0 amide bonds. The summed E-state index contributed by atoms with van der Waals surface area (Å²) in [7, 11) is 3.20. The van der Waals surface area contributed by atoms with Gasteiger partial charge in [-0.15, -0.1) is 0 Å². The average molecular weight is 273 g/mol. The Kier molecular flexibility index (Phi) is 4.48. The quantitative estimate of drug-likeness (QED) is 0.905. The molecule has 0 spiro atoms. The minimum atomic E-state index is 0.00449. The van der Waals surface area contributed by atoms with E-state index >= 15 is 0 Å². The lowest BCUT2D eigenvalue weighted by Gasteiger charge is -2.14. The molecule has 0 aliphatic carbocycles. The van der Waals surface area contributed by atoms with Crippen molar-refractivity contribution in [2.45, 2.75) is 13.0 Å². The second kappa shape index (κ2) is 6.30. The molecule has 0 saturated heterocycles. The molecule has 1 unspecified atom stereocenters. The summed E-state index contributed by atoms with van der Waals surface area (Å²) in [4.78, 5) is 0. The van der Waals surface area contributed by atoms with Gasteiger partial charge in [0.1, 0.15) is 5.75 Å². The lowest BCUT2D eigenvalue weighted by atomic mass is 10.1. The third-order valence-electron chi connectivity index (χ3n) is 3.01. The van der Waals surface area contributed by atoms with E-state index in [0.717, 1.165) is 5.56 Å². The number of ether oxygens (including phenoxy) is 3. The Morgan fingerprint density at radius 1 is 0.900 bits per heavy atom. The highest BCUT2D eigenvalue weighted by atomic mass is 16.5. The molecule has 0 saturated carbocycles. The fraction of sp³-hybridized carbons (Fsp3) is 0.250. The van der Waals surface area contributed by atoms with Crippen LogP contribution in [0.15, 0.2) is 42.5 Å². The fourth-order valence-corrected chi connectivity index (χ4v) is 1.88. The molecule has 0 aliphatic rings. The first-order valence-electron chi connectivity index (χ1n) is 6.40. The summed E-state index contributed by atoms with van der Waals surface area (Å²) in [6, 6.07) is 13.2. The van der Waals surface area contributed by atoms with Crippen molar-refractivity contribution in [1.82, 2.24) is 0 Å². The first-order valence-corrected chi connectivity index (χ1v) is 6.40. The van der Waals surface area contributed by atoms with Gasteiger partial charge in [0, 0.05) is 6.04 Å². The maximum absolute atomic E-state index is 5.87. The largest absolute Gasteiger partial charge is 0.493 e. The molecule has 0 fully saturated rings. The van der Waals surface area contributed by atoms with E-state index in [4.69, 9.17) is 19.9 Å². The second-order valence-electron chi connectivity index (χ2n) is 4.45. The Morgan fingerprint density at radius 2 is 1.45 bits per heavy atom. The smallest absolute Gasteiger partial charge is 0.210 e. The Morgan fingerprint density at radius 3 is 1.90 bits per heavy atom. The van der Waals surface area contributed by atoms with Gasteiger partial charge in [-0.25, -0.2) is 0 Å². The molecular weight excluding hydrogens is 254 g/mol. The zero-order valence-corrected chi connectivity index (χ0v) is 11.9. The molecule has 2 aromatic carbocycles. The van der Waals surface area contributed by atoms with E-state index in [-0.39, 0.29) is 6.04 Å². The van der Waals surface area contributed by atoms with Gasteiger partial charge in [-0.1, -0.05) is 18.2 Å². The van der Waals surface area contributed by atoms with Crippen LogP contribution in [-0.2, 0) is 0 Å². The van der Waals surface area contributed by atoms with E-state index in [1.807, 2.05) is 49.4 Å². The molecule has 0 aliphatic heterocycles. The summed E-state index contributed by atoms with van der Waals surface area (Å²) in [6.45, 7) is 1.94. The van der Waals surface area contributed by atoms with Crippen LogP contribution in [0.3, 0.4) is 0 Å². The van der Waals surface area contributed by atoms with E-state index < -0.39 is 0 Å². The molecule has 1 atom stereocenters. The molecule has 0 aromatic heterocycles. The van der Waals surface area contributed by atoms with E-state index in [1.165, 1.54) is 0 Å². The monoisotopic (exact) mass is 273 g/mol. The molecular formula is C16H19NO3. The predicted molar refractivity (Wildman–Crippen MR) is 78.7 cm³/mol. The fourth-order valence-electron chi connectivity index (χ4n) is 1.88. The zero-order chi connectivity index (χ0) is 14.5. The van der Waals surface area contributed by atoms with E-state index in [1.54, 1.807) is 14.2 Å². The molecule has 2 aromatic rings. The molecule has 106 valence electrons. The Hall–Kier alpha value is -2.20. The molecule has 0 heterocycles. The predicted octanol–water partition coefficient (Wildman–Crippen LogP) is 3.52. The first kappa shape index (κ1) is 14.2. The van der Waals surface area contributed by atoms with Gasteiger partial charge in [0.2, 0.25) is 5.75 Å². The number of hydrogen-bond donors (Lipinski definition) is 1. The number of para-hydroxylation sites is 1. The summed E-state index contributed by atoms with van der Waals surface area (Å²) in [5.41, 5.74) is 6.89. The lowest BCUT2D eigenvalue weighted by Crippen LogP contribution is -2.04. The van der Waals surface area contributed by atoms with Crippen molar-refractivity contribution >= 4 is 0 Å². The summed E-state index contributed by atoms with van der Waals surface area (Å²) in [5.74, 6) is 2.52. The third-order valence-corrected chi connectivity index (χ3v) is 3.01. The van der Waals surface area contributed by atoms with Crippen molar-refractivity contribution in [3.05, 3.63) is 48.0 Å². The second-order valence-corrected chi connectivity index (χ2v) is 4.45. The van der Waals surface area contributed by atoms with Gasteiger partial charge >= 0.3 is 0 Å². The van der Waals surface area contributed by atoms with Crippen LogP contribution in [0.5, 0.6) is 23.0 Å². The Bertz CT molecular complexity index is 542. The van der Waals surface area contributed by atoms with Crippen LogP contribution in [0.25, 0.3) is 0 Å². The number of benzene rings is 2. The summed E-state index contributed by atoms with van der Waals surface area (Å²) in [6.07, 6.45) is 0. The van der Waals surface area contributed by atoms with Gasteiger partial charge < -0.3 is 19.9 Å². The summed E-state index contributed by atoms with van der Waals surface area (Å²) < 4.78 is 16.5. The normalized spacial score (nSPS) is 11.8. The van der Waals surface area contributed by atoms with Gasteiger partial charge in [-0.2, -0.15) is 0 Å². The minimum Gasteiger partial charge on any atom is -0.493 e. The first-order chi connectivity index (χ1) is 9.65. The molecule has 0 bridgehead atoms. The number of nitrogens with two attached hydrogens (primary N) is 1. The van der Waals surface area contributed by atoms with Gasteiger partial charge in [0.25, 0.3) is 0 Å². The maximum atomic E-state index is 5.87. The number of hydrogen-bond acceptors (Lipinski definition) is 4. The summed E-state index contributed by atoms with van der Waals surface area (Å²) >= 11 is 0. The minimum absolute atomic E-state index is 0.00449. The molecule has 4 nitrogen and oxygen atoms in total. The van der Waals surface area contributed by atoms with E-state index in [9.17, 15) is 0 Å². The van der Waals surface area contributed by atoms with Crippen LogP contribution < -0.4 is 19.9 Å².